The Morgan fingerprint density at radius 1 is 1.50 bits per heavy atom. The number of amides is 1. The van der Waals surface area contributed by atoms with Gasteiger partial charge in [0.05, 0.1) is 0 Å². The number of nitrogens with one attached hydrogen (secondary N) is 1. The zero-order valence-corrected chi connectivity index (χ0v) is 13.9. The van der Waals surface area contributed by atoms with Crippen LogP contribution in [0, 0.1) is 17.8 Å². The lowest BCUT2D eigenvalue weighted by Gasteiger charge is -2.38. The third-order valence-corrected chi connectivity index (χ3v) is 4.36. The maximum atomic E-state index is 12.3. The van der Waals surface area contributed by atoms with Gasteiger partial charge < -0.3 is 19.9 Å². The molecule has 1 heterocycles. The van der Waals surface area contributed by atoms with Crippen LogP contribution in [0.15, 0.2) is 11.8 Å². The van der Waals surface area contributed by atoms with E-state index < -0.39 is 6.29 Å². The third-order valence-electron chi connectivity index (χ3n) is 4.36. The normalized spacial score (nSPS) is 28.2. The highest BCUT2D eigenvalue weighted by Gasteiger charge is 2.39. The maximum Gasteiger partial charge on any atom is 0.286 e. The summed E-state index contributed by atoms with van der Waals surface area (Å²) in [6, 6.07) is 0.312. The Morgan fingerprint density at radius 3 is 2.77 bits per heavy atom. The number of carbonyl (C=O) groups excluding carboxylic acids is 1. The van der Waals surface area contributed by atoms with Gasteiger partial charge in [-0.15, -0.1) is 0 Å². The standard InChI is InChI=1S/C17H29NO4/c1-4-21-17-13(6-5-9-19)14(11(2)3)10-15(22-17)16(20)18-12-7-8-12/h10-14,17,19H,4-9H2,1-3H3,(H,18,20)/t13-,14-,17-/m1/s1. The summed E-state index contributed by atoms with van der Waals surface area (Å²) in [7, 11) is 0. The van der Waals surface area contributed by atoms with Crippen molar-refractivity contribution < 1.29 is 19.4 Å². The largest absolute Gasteiger partial charge is 0.459 e. The molecule has 1 fully saturated rings. The van der Waals surface area contributed by atoms with Gasteiger partial charge in [0.25, 0.3) is 5.91 Å². The minimum atomic E-state index is -0.408. The molecule has 1 amide bonds. The second-order valence-corrected chi connectivity index (χ2v) is 6.57. The summed E-state index contributed by atoms with van der Waals surface area (Å²) in [5.41, 5.74) is 0. The van der Waals surface area contributed by atoms with Gasteiger partial charge in [-0.1, -0.05) is 13.8 Å². The van der Waals surface area contributed by atoms with Crippen molar-refractivity contribution in [2.45, 2.75) is 58.8 Å². The number of ether oxygens (including phenoxy) is 2. The lowest BCUT2D eigenvalue weighted by atomic mass is 9.78. The van der Waals surface area contributed by atoms with Crippen molar-refractivity contribution in [3.63, 3.8) is 0 Å². The molecule has 1 aliphatic heterocycles. The lowest BCUT2D eigenvalue weighted by molar-refractivity contribution is -0.175. The van der Waals surface area contributed by atoms with E-state index in [2.05, 4.69) is 19.2 Å². The van der Waals surface area contributed by atoms with Crippen LogP contribution in [-0.2, 0) is 14.3 Å². The number of hydrogen-bond donors (Lipinski definition) is 2. The summed E-state index contributed by atoms with van der Waals surface area (Å²) in [4.78, 5) is 12.3. The Morgan fingerprint density at radius 2 is 2.23 bits per heavy atom. The van der Waals surface area contributed by atoms with Crippen LogP contribution < -0.4 is 5.32 Å². The Hall–Kier alpha value is -1.07. The van der Waals surface area contributed by atoms with Crippen LogP contribution in [0.2, 0.25) is 0 Å². The third kappa shape index (κ3) is 4.46. The monoisotopic (exact) mass is 311 g/mol. The van der Waals surface area contributed by atoms with Gasteiger partial charge in [-0.25, -0.2) is 0 Å². The van der Waals surface area contributed by atoms with Crippen LogP contribution in [-0.4, -0.2) is 36.6 Å². The van der Waals surface area contributed by atoms with Gasteiger partial charge in [0, 0.05) is 25.2 Å². The second-order valence-electron chi connectivity index (χ2n) is 6.57. The highest BCUT2D eigenvalue weighted by molar-refractivity contribution is 5.92. The summed E-state index contributed by atoms with van der Waals surface area (Å²) in [6.07, 6.45) is 5.21. The first-order valence-electron chi connectivity index (χ1n) is 8.48. The molecular weight excluding hydrogens is 282 g/mol. The molecule has 3 atom stereocenters. The van der Waals surface area contributed by atoms with Crippen LogP contribution in [0.4, 0.5) is 0 Å². The summed E-state index contributed by atoms with van der Waals surface area (Å²) in [6.45, 7) is 6.94. The van der Waals surface area contributed by atoms with Crippen LogP contribution >= 0.6 is 0 Å². The van der Waals surface area contributed by atoms with Gasteiger partial charge in [-0.05, 0) is 50.5 Å². The highest BCUT2D eigenvalue weighted by atomic mass is 16.7. The Balaban J connectivity index is 2.14. The zero-order valence-electron chi connectivity index (χ0n) is 13.9. The molecule has 0 aromatic heterocycles. The summed E-state index contributed by atoms with van der Waals surface area (Å²) in [5.74, 6) is 1.04. The van der Waals surface area contributed by atoms with E-state index in [9.17, 15) is 4.79 Å². The fourth-order valence-electron chi connectivity index (χ4n) is 3.01. The van der Waals surface area contributed by atoms with Crippen LogP contribution in [0.25, 0.3) is 0 Å². The molecule has 22 heavy (non-hydrogen) atoms. The van der Waals surface area contributed by atoms with Gasteiger partial charge in [-0.3, -0.25) is 4.79 Å². The summed E-state index contributed by atoms with van der Waals surface area (Å²) >= 11 is 0. The SMILES string of the molecule is CCO[C@@H]1OC(C(=O)NC2CC2)=C[C@H](C(C)C)[C@H]1CCCO. The summed E-state index contributed by atoms with van der Waals surface area (Å²) in [5, 5.41) is 12.1. The molecule has 0 spiro atoms. The predicted octanol–water partition coefficient (Wildman–Crippen LogP) is 2.20. The van der Waals surface area contributed by atoms with Crippen molar-refractivity contribution in [2.24, 2.45) is 17.8 Å². The Labute approximate surface area is 133 Å². The van der Waals surface area contributed by atoms with Gasteiger partial charge in [0.1, 0.15) is 0 Å². The van der Waals surface area contributed by atoms with E-state index in [1.807, 2.05) is 13.0 Å². The molecule has 1 saturated carbocycles. The molecule has 2 aliphatic rings. The molecule has 0 unspecified atom stereocenters. The van der Waals surface area contributed by atoms with Gasteiger partial charge in [0.2, 0.25) is 6.29 Å². The maximum absolute atomic E-state index is 12.3. The van der Waals surface area contributed by atoms with E-state index in [4.69, 9.17) is 14.6 Å². The van der Waals surface area contributed by atoms with E-state index in [0.717, 1.165) is 25.7 Å². The number of aliphatic hydroxyl groups is 1. The van der Waals surface area contributed by atoms with Crippen LogP contribution in [0.3, 0.4) is 0 Å². The minimum Gasteiger partial charge on any atom is -0.459 e. The van der Waals surface area contributed by atoms with Gasteiger partial charge >= 0.3 is 0 Å². The Kier molecular flexibility index (Phi) is 6.26. The molecule has 0 radical (unpaired) electrons. The number of allylic oxidation sites excluding steroid dienone is 1. The van der Waals surface area contributed by atoms with Crippen LogP contribution in [0.5, 0.6) is 0 Å². The molecule has 5 nitrogen and oxygen atoms in total. The smallest absolute Gasteiger partial charge is 0.286 e. The first-order valence-corrected chi connectivity index (χ1v) is 8.48. The molecule has 0 saturated heterocycles. The number of rotatable bonds is 8. The summed E-state index contributed by atoms with van der Waals surface area (Å²) < 4.78 is 11.6. The lowest BCUT2D eigenvalue weighted by Crippen LogP contribution is -2.41. The zero-order chi connectivity index (χ0) is 16.1. The van der Waals surface area contributed by atoms with E-state index >= 15 is 0 Å². The topological polar surface area (TPSA) is 67.8 Å². The molecule has 0 aromatic carbocycles. The molecule has 5 heteroatoms. The number of hydrogen-bond acceptors (Lipinski definition) is 4. The minimum absolute atomic E-state index is 0.126. The van der Waals surface area contributed by atoms with Gasteiger partial charge in [-0.2, -0.15) is 0 Å². The first kappa shape index (κ1) is 17.3. The van der Waals surface area contributed by atoms with Crippen LogP contribution in [0.1, 0.15) is 46.5 Å². The van der Waals surface area contributed by atoms with Gasteiger partial charge in [0.15, 0.2) is 5.76 Å². The highest BCUT2D eigenvalue weighted by Crippen LogP contribution is 2.37. The molecule has 2 rings (SSSR count). The quantitative estimate of drug-likeness (QED) is 0.721. The molecule has 0 aromatic rings. The van der Waals surface area contributed by atoms with Crippen molar-refractivity contribution >= 4 is 5.91 Å². The molecule has 1 aliphatic carbocycles. The molecule has 126 valence electrons. The fourth-order valence-corrected chi connectivity index (χ4v) is 3.01. The predicted molar refractivity (Wildman–Crippen MR) is 83.9 cm³/mol. The van der Waals surface area contributed by atoms with Crippen molar-refractivity contribution in [1.82, 2.24) is 5.32 Å². The van der Waals surface area contributed by atoms with Crippen molar-refractivity contribution in [3.8, 4) is 0 Å². The number of carbonyl (C=O) groups is 1. The molecule has 0 bridgehead atoms. The second kappa shape index (κ2) is 7.97. The Bertz CT molecular complexity index is 403. The average molecular weight is 311 g/mol. The molecular formula is C17H29NO4. The number of aliphatic hydroxyl groups excluding tert-OH is 1. The van der Waals surface area contributed by atoms with Crippen molar-refractivity contribution in [3.05, 3.63) is 11.8 Å². The van der Waals surface area contributed by atoms with E-state index in [0.29, 0.717) is 24.3 Å². The first-order chi connectivity index (χ1) is 10.6. The fraction of sp³-hybridized carbons (Fsp3) is 0.824. The van der Waals surface area contributed by atoms with Crippen molar-refractivity contribution in [1.29, 1.82) is 0 Å². The average Bonchev–Trinajstić information content (AvgIpc) is 3.29. The van der Waals surface area contributed by atoms with Crippen molar-refractivity contribution in [2.75, 3.05) is 13.2 Å². The van der Waals surface area contributed by atoms with E-state index in [-0.39, 0.29) is 24.3 Å². The van der Waals surface area contributed by atoms with E-state index in [1.165, 1.54) is 0 Å². The molecule has 2 N–H and O–H groups in total. The van der Waals surface area contributed by atoms with E-state index in [1.54, 1.807) is 0 Å².